The molecule has 0 fully saturated rings. The van der Waals surface area contributed by atoms with Crippen LogP contribution in [0, 0.1) is 10.1 Å². The number of rotatable bonds is 5. The second-order valence-corrected chi connectivity index (χ2v) is 5.29. The number of nitrogens with zero attached hydrogens (tertiary/aromatic N) is 1. The lowest BCUT2D eigenvalue weighted by Crippen LogP contribution is -2.31. The Morgan fingerprint density at radius 3 is 2.52 bits per heavy atom. The van der Waals surface area contributed by atoms with Crippen molar-refractivity contribution in [1.29, 1.82) is 0 Å². The summed E-state index contributed by atoms with van der Waals surface area (Å²) in [6.45, 7) is 1.71. The average Bonchev–Trinajstić information content (AvgIpc) is 2.45. The van der Waals surface area contributed by atoms with Crippen molar-refractivity contribution in [1.82, 2.24) is 0 Å². The van der Waals surface area contributed by atoms with Gasteiger partial charge in [0.15, 0.2) is 0 Å². The number of nitrogens with one attached hydrogen (secondary N) is 1. The van der Waals surface area contributed by atoms with Crippen molar-refractivity contribution in [2.75, 3.05) is 11.9 Å². The summed E-state index contributed by atoms with van der Waals surface area (Å²) in [4.78, 5) is 10.5. The predicted molar refractivity (Wildman–Crippen MR) is 82.6 cm³/mol. The largest absolute Gasteiger partial charge is 0.384 e. The van der Waals surface area contributed by atoms with Crippen molar-refractivity contribution >= 4 is 23.0 Å². The summed E-state index contributed by atoms with van der Waals surface area (Å²) in [5.41, 5.74) is -0.359. The zero-order chi connectivity index (χ0) is 15.5. The van der Waals surface area contributed by atoms with Gasteiger partial charge in [-0.1, -0.05) is 41.9 Å². The number of halogens is 1. The van der Waals surface area contributed by atoms with Gasteiger partial charge in [0.25, 0.3) is 5.69 Å². The van der Waals surface area contributed by atoms with Gasteiger partial charge in [-0.3, -0.25) is 10.1 Å². The lowest BCUT2D eigenvalue weighted by atomic mass is 9.96. The molecule has 2 aromatic carbocycles. The van der Waals surface area contributed by atoms with Crippen LogP contribution in [0.2, 0.25) is 5.02 Å². The van der Waals surface area contributed by atoms with Crippen LogP contribution < -0.4 is 5.32 Å². The van der Waals surface area contributed by atoms with Gasteiger partial charge in [-0.15, -0.1) is 0 Å². The maximum absolute atomic E-state index is 11.0. The lowest BCUT2D eigenvalue weighted by Gasteiger charge is -2.25. The Morgan fingerprint density at radius 2 is 1.86 bits per heavy atom. The Morgan fingerprint density at radius 1 is 1.24 bits per heavy atom. The molecule has 6 heteroatoms. The highest BCUT2D eigenvalue weighted by molar-refractivity contribution is 6.31. The standard InChI is InChI=1S/C15H15ClN2O3/c1-15(19,11-6-2-3-7-12(11)16)10-17-13-8-4-5-9-14(13)18(20)21/h2-9,17,19H,10H2,1H3. The second kappa shape index (κ2) is 6.11. The summed E-state index contributed by atoms with van der Waals surface area (Å²) in [6, 6.07) is 13.3. The SMILES string of the molecule is CC(O)(CNc1ccccc1[N+](=O)[O-])c1ccccc1Cl. The van der Waals surface area contributed by atoms with Gasteiger partial charge in [-0.2, -0.15) is 0 Å². The fourth-order valence-electron chi connectivity index (χ4n) is 2.04. The highest BCUT2D eigenvalue weighted by Gasteiger charge is 2.26. The van der Waals surface area contributed by atoms with Crippen molar-refractivity contribution in [2.45, 2.75) is 12.5 Å². The molecule has 0 bridgehead atoms. The van der Waals surface area contributed by atoms with Crippen LogP contribution in [0.15, 0.2) is 48.5 Å². The number of nitro groups is 1. The number of nitro benzene ring substituents is 1. The Labute approximate surface area is 127 Å². The number of aliphatic hydroxyl groups is 1. The first-order valence-corrected chi connectivity index (χ1v) is 6.74. The van der Waals surface area contributed by atoms with Crippen molar-refractivity contribution in [3.8, 4) is 0 Å². The van der Waals surface area contributed by atoms with Gasteiger partial charge in [0.1, 0.15) is 11.3 Å². The van der Waals surface area contributed by atoms with E-state index in [4.69, 9.17) is 11.6 Å². The van der Waals surface area contributed by atoms with E-state index in [0.29, 0.717) is 16.3 Å². The van der Waals surface area contributed by atoms with E-state index < -0.39 is 10.5 Å². The van der Waals surface area contributed by atoms with E-state index in [0.717, 1.165) is 0 Å². The fraction of sp³-hybridized carbons (Fsp3) is 0.200. The molecule has 0 saturated carbocycles. The predicted octanol–water partition coefficient (Wildman–Crippen LogP) is 3.57. The number of hydrogen-bond acceptors (Lipinski definition) is 4. The van der Waals surface area contributed by atoms with E-state index in [1.165, 1.54) is 6.07 Å². The van der Waals surface area contributed by atoms with Crippen LogP contribution in [0.5, 0.6) is 0 Å². The molecule has 0 radical (unpaired) electrons. The minimum Gasteiger partial charge on any atom is -0.384 e. The Hall–Kier alpha value is -2.11. The molecule has 0 aliphatic carbocycles. The van der Waals surface area contributed by atoms with Crippen LogP contribution in [-0.2, 0) is 5.60 Å². The zero-order valence-electron chi connectivity index (χ0n) is 11.4. The van der Waals surface area contributed by atoms with E-state index in [2.05, 4.69) is 5.32 Å². The molecule has 0 saturated heterocycles. The molecular weight excluding hydrogens is 292 g/mol. The maximum Gasteiger partial charge on any atom is 0.292 e. The van der Waals surface area contributed by atoms with E-state index in [-0.39, 0.29) is 12.2 Å². The zero-order valence-corrected chi connectivity index (χ0v) is 12.2. The van der Waals surface area contributed by atoms with Crippen LogP contribution >= 0.6 is 11.6 Å². The van der Waals surface area contributed by atoms with Crippen LogP contribution in [0.4, 0.5) is 11.4 Å². The first-order valence-electron chi connectivity index (χ1n) is 6.36. The van der Waals surface area contributed by atoms with Crippen molar-refractivity contribution in [3.63, 3.8) is 0 Å². The summed E-state index contributed by atoms with van der Waals surface area (Å²) >= 11 is 6.08. The van der Waals surface area contributed by atoms with Crippen LogP contribution in [0.1, 0.15) is 12.5 Å². The number of para-hydroxylation sites is 2. The molecule has 2 N–H and O–H groups in total. The first kappa shape index (κ1) is 15.3. The first-order chi connectivity index (χ1) is 9.92. The molecular formula is C15H15ClN2O3. The summed E-state index contributed by atoms with van der Waals surface area (Å²) in [7, 11) is 0. The normalized spacial score (nSPS) is 13.5. The molecule has 5 nitrogen and oxygen atoms in total. The third-order valence-electron chi connectivity index (χ3n) is 3.18. The monoisotopic (exact) mass is 306 g/mol. The number of anilines is 1. The summed E-state index contributed by atoms with van der Waals surface area (Å²) < 4.78 is 0. The third kappa shape index (κ3) is 3.51. The summed E-state index contributed by atoms with van der Waals surface area (Å²) in [6.07, 6.45) is 0. The Balaban J connectivity index is 2.20. The minimum atomic E-state index is -1.25. The van der Waals surface area contributed by atoms with E-state index in [1.54, 1.807) is 49.4 Å². The highest BCUT2D eigenvalue weighted by Crippen LogP contribution is 2.30. The van der Waals surface area contributed by atoms with Gasteiger partial charge in [0.2, 0.25) is 0 Å². The topological polar surface area (TPSA) is 75.4 Å². The molecule has 0 spiro atoms. The van der Waals surface area contributed by atoms with Gasteiger partial charge in [0.05, 0.1) is 4.92 Å². The molecule has 0 aliphatic rings. The van der Waals surface area contributed by atoms with Gasteiger partial charge < -0.3 is 10.4 Å². The smallest absolute Gasteiger partial charge is 0.292 e. The van der Waals surface area contributed by atoms with Crippen molar-refractivity contribution < 1.29 is 10.0 Å². The quantitative estimate of drug-likeness (QED) is 0.654. The Kier molecular flexibility index (Phi) is 4.45. The molecule has 0 aliphatic heterocycles. The lowest BCUT2D eigenvalue weighted by molar-refractivity contribution is -0.384. The van der Waals surface area contributed by atoms with Crippen molar-refractivity contribution in [3.05, 3.63) is 69.2 Å². The number of hydrogen-bond donors (Lipinski definition) is 2. The fourth-order valence-corrected chi connectivity index (χ4v) is 2.38. The maximum atomic E-state index is 11.0. The molecule has 110 valence electrons. The molecule has 0 amide bonds. The van der Waals surface area contributed by atoms with Gasteiger partial charge in [0, 0.05) is 23.2 Å². The van der Waals surface area contributed by atoms with E-state index in [1.807, 2.05) is 0 Å². The molecule has 2 aromatic rings. The molecule has 0 heterocycles. The van der Waals surface area contributed by atoms with Gasteiger partial charge in [-0.05, 0) is 19.1 Å². The minimum absolute atomic E-state index is 0.0348. The summed E-state index contributed by atoms with van der Waals surface area (Å²) in [5.74, 6) is 0. The van der Waals surface area contributed by atoms with Gasteiger partial charge in [-0.25, -0.2) is 0 Å². The van der Waals surface area contributed by atoms with Crippen LogP contribution in [-0.4, -0.2) is 16.6 Å². The highest BCUT2D eigenvalue weighted by atomic mass is 35.5. The average molecular weight is 307 g/mol. The molecule has 1 unspecified atom stereocenters. The summed E-state index contributed by atoms with van der Waals surface area (Å²) in [5, 5.41) is 24.9. The molecule has 1 atom stereocenters. The molecule has 0 aromatic heterocycles. The third-order valence-corrected chi connectivity index (χ3v) is 3.51. The van der Waals surface area contributed by atoms with E-state index in [9.17, 15) is 15.2 Å². The van der Waals surface area contributed by atoms with E-state index >= 15 is 0 Å². The van der Waals surface area contributed by atoms with Crippen LogP contribution in [0.3, 0.4) is 0 Å². The molecule has 2 rings (SSSR count). The number of benzene rings is 2. The van der Waals surface area contributed by atoms with Crippen LogP contribution in [0.25, 0.3) is 0 Å². The Bertz CT molecular complexity index is 659. The molecule has 21 heavy (non-hydrogen) atoms. The second-order valence-electron chi connectivity index (χ2n) is 4.88. The van der Waals surface area contributed by atoms with Crippen molar-refractivity contribution in [2.24, 2.45) is 0 Å². The van der Waals surface area contributed by atoms with Gasteiger partial charge >= 0.3 is 0 Å².